The van der Waals surface area contributed by atoms with Crippen LogP contribution in [0.15, 0.2) is 82.5 Å². The summed E-state index contributed by atoms with van der Waals surface area (Å²) in [4.78, 5) is 13.3. The molecule has 11 nitrogen and oxygen atoms in total. The van der Waals surface area contributed by atoms with Crippen LogP contribution in [-0.4, -0.2) is 36.9 Å². The van der Waals surface area contributed by atoms with Gasteiger partial charge in [0.2, 0.25) is 11.6 Å². The van der Waals surface area contributed by atoms with Gasteiger partial charge in [0.05, 0.1) is 5.71 Å². The van der Waals surface area contributed by atoms with Crippen LogP contribution in [-0.2, 0) is 6.61 Å². The smallest absolute Gasteiger partial charge is 0.292 e. The second kappa shape index (κ2) is 11.3. The molecule has 2 aromatic heterocycles. The fourth-order valence-corrected chi connectivity index (χ4v) is 4.07. The number of carbonyl (C=O) groups is 1. The minimum atomic E-state index is -0.583. The molecule has 39 heavy (non-hydrogen) atoms. The number of anilines is 1. The minimum absolute atomic E-state index is 0.0333. The first kappa shape index (κ1) is 25.9. The monoisotopic (exact) mass is 562 g/mol. The van der Waals surface area contributed by atoms with E-state index in [0.717, 1.165) is 15.8 Å². The van der Waals surface area contributed by atoms with E-state index in [1.165, 1.54) is 0 Å². The molecule has 0 aliphatic carbocycles. The molecule has 0 unspecified atom stereocenters. The SMILES string of the molecule is C/C(=N\NC(=O)c1c(-c2ccccc2)nnn1-c1nonc1N)c1ccc(OCc2ccc(Cl)cc2Cl)cc1. The maximum Gasteiger partial charge on any atom is 0.292 e. The number of nitrogen functional groups attached to an aromatic ring is 1. The number of nitrogens with one attached hydrogen (secondary N) is 1. The summed E-state index contributed by atoms with van der Waals surface area (Å²) in [7, 11) is 0. The molecule has 0 atom stereocenters. The van der Waals surface area contributed by atoms with Gasteiger partial charge >= 0.3 is 0 Å². The Kier molecular flexibility index (Phi) is 7.53. The number of halogens is 2. The summed E-state index contributed by atoms with van der Waals surface area (Å²) in [5.74, 6) is 0.0446. The van der Waals surface area contributed by atoms with Gasteiger partial charge in [-0.2, -0.15) is 9.78 Å². The summed E-state index contributed by atoms with van der Waals surface area (Å²) in [5, 5.41) is 20.9. The van der Waals surface area contributed by atoms with Crippen molar-refractivity contribution in [3.05, 3.63) is 99.7 Å². The third kappa shape index (κ3) is 5.74. The fourth-order valence-electron chi connectivity index (χ4n) is 3.61. The number of hydrogen-bond acceptors (Lipinski definition) is 9. The standard InChI is InChI=1S/C26H20Cl2N8O3/c1-15(16-8-11-20(12-9-16)38-14-18-7-10-19(27)13-21(18)28)30-32-26(37)23-22(17-5-3-2-4-6-17)31-35-36(23)25-24(29)33-39-34-25/h2-13H,14H2,1H3,(H2,29,33)(H,32,37)/b30-15+. The lowest BCUT2D eigenvalue weighted by molar-refractivity contribution is 0.0947. The van der Waals surface area contributed by atoms with Crippen LogP contribution in [0.4, 0.5) is 5.82 Å². The third-order valence-electron chi connectivity index (χ3n) is 5.64. The van der Waals surface area contributed by atoms with Crippen molar-refractivity contribution in [3.8, 4) is 22.8 Å². The fraction of sp³-hybridized carbons (Fsp3) is 0.0769. The number of hydrogen-bond donors (Lipinski definition) is 2. The van der Waals surface area contributed by atoms with E-state index in [1.54, 1.807) is 43.3 Å². The van der Waals surface area contributed by atoms with Gasteiger partial charge in [-0.25, -0.2) is 10.1 Å². The van der Waals surface area contributed by atoms with E-state index in [0.29, 0.717) is 32.8 Å². The second-order valence-electron chi connectivity index (χ2n) is 8.22. The number of carbonyl (C=O) groups excluding carboxylic acids is 1. The van der Waals surface area contributed by atoms with Gasteiger partial charge < -0.3 is 10.5 Å². The van der Waals surface area contributed by atoms with E-state index in [9.17, 15) is 4.79 Å². The first-order valence-electron chi connectivity index (χ1n) is 11.5. The predicted molar refractivity (Wildman–Crippen MR) is 146 cm³/mol. The molecule has 3 aromatic carbocycles. The van der Waals surface area contributed by atoms with Crippen molar-refractivity contribution in [3.63, 3.8) is 0 Å². The zero-order chi connectivity index (χ0) is 27.4. The maximum atomic E-state index is 13.3. The Balaban J connectivity index is 1.32. The Morgan fingerprint density at radius 3 is 2.54 bits per heavy atom. The summed E-state index contributed by atoms with van der Waals surface area (Å²) in [5.41, 5.74) is 11.6. The lowest BCUT2D eigenvalue weighted by Crippen LogP contribution is -2.23. The van der Waals surface area contributed by atoms with Gasteiger partial charge in [0.1, 0.15) is 18.1 Å². The maximum absolute atomic E-state index is 13.3. The van der Waals surface area contributed by atoms with Crippen LogP contribution >= 0.6 is 23.2 Å². The Bertz CT molecular complexity index is 1650. The molecule has 0 bridgehead atoms. The van der Waals surface area contributed by atoms with Crippen LogP contribution in [0.25, 0.3) is 17.1 Å². The van der Waals surface area contributed by atoms with E-state index in [4.69, 9.17) is 33.7 Å². The summed E-state index contributed by atoms with van der Waals surface area (Å²) in [6.07, 6.45) is 0. The van der Waals surface area contributed by atoms with Crippen LogP contribution in [0.1, 0.15) is 28.5 Å². The number of rotatable bonds is 8. The molecule has 0 saturated carbocycles. The highest BCUT2D eigenvalue weighted by Gasteiger charge is 2.26. The molecule has 3 N–H and O–H groups in total. The van der Waals surface area contributed by atoms with Gasteiger partial charge in [-0.05, 0) is 59.2 Å². The molecule has 0 spiro atoms. The van der Waals surface area contributed by atoms with Gasteiger partial charge in [0, 0.05) is 21.2 Å². The molecule has 13 heteroatoms. The summed E-state index contributed by atoms with van der Waals surface area (Å²) in [6, 6.07) is 21.6. The first-order valence-corrected chi connectivity index (χ1v) is 12.3. The zero-order valence-electron chi connectivity index (χ0n) is 20.4. The molecule has 0 saturated heterocycles. The van der Waals surface area contributed by atoms with E-state index in [2.05, 4.69) is 35.8 Å². The number of hydrazone groups is 1. The van der Waals surface area contributed by atoms with Crippen LogP contribution in [0, 0.1) is 0 Å². The summed E-state index contributed by atoms with van der Waals surface area (Å²) in [6.45, 7) is 2.05. The van der Waals surface area contributed by atoms with Crippen LogP contribution in [0.5, 0.6) is 5.75 Å². The molecule has 1 amide bonds. The molecule has 0 fully saturated rings. The largest absolute Gasteiger partial charge is 0.489 e. The number of amides is 1. The van der Waals surface area contributed by atoms with E-state index < -0.39 is 5.91 Å². The van der Waals surface area contributed by atoms with Crippen LogP contribution in [0.3, 0.4) is 0 Å². The Morgan fingerprint density at radius 1 is 1.08 bits per heavy atom. The highest BCUT2D eigenvalue weighted by molar-refractivity contribution is 6.35. The lowest BCUT2D eigenvalue weighted by atomic mass is 10.1. The van der Waals surface area contributed by atoms with Gasteiger partial charge in [-0.1, -0.05) is 64.8 Å². The number of nitrogens with zero attached hydrogens (tertiary/aromatic N) is 6. The Hall–Kier alpha value is -4.74. The number of nitrogens with two attached hydrogens (primary N) is 1. The van der Waals surface area contributed by atoms with E-state index >= 15 is 0 Å². The number of aromatic nitrogens is 5. The van der Waals surface area contributed by atoms with Crippen LogP contribution < -0.4 is 15.9 Å². The summed E-state index contributed by atoms with van der Waals surface area (Å²) >= 11 is 12.2. The molecule has 5 rings (SSSR count). The van der Waals surface area contributed by atoms with Crippen molar-refractivity contribution in [2.45, 2.75) is 13.5 Å². The van der Waals surface area contributed by atoms with Crippen molar-refractivity contribution in [1.82, 2.24) is 30.7 Å². The van der Waals surface area contributed by atoms with Crippen LogP contribution in [0.2, 0.25) is 10.0 Å². The molecule has 196 valence electrons. The van der Waals surface area contributed by atoms with Crippen molar-refractivity contribution >= 4 is 40.6 Å². The average molecular weight is 563 g/mol. The average Bonchev–Trinajstić information content (AvgIpc) is 3.58. The minimum Gasteiger partial charge on any atom is -0.489 e. The van der Waals surface area contributed by atoms with Gasteiger partial charge in [-0.15, -0.1) is 5.10 Å². The number of benzene rings is 3. The van der Waals surface area contributed by atoms with Gasteiger partial charge in [0.15, 0.2) is 5.69 Å². The normalized spacial score (nSPS) is 11.4. The lowest BCUT2D eigenvalue weighted by Gasteiger charge is -2.09. The van der Waals surface area contributed by atoms with Gasteiger partial charge in [0.25, 0.3) is 5.91 Å². The topological polar surface area (TPSA) is 146 Å². The molecular weight excluding hydrogens is 543 g/mol. The highest BCUT2D eigenvalue weighted by Crippen LogP contribution is 2.25. The third-order valence-corrected chi connectivity index (χ3v) is 6.22. The van der Waals surface area contributed by atoms with Crippen molar-refractivity contribution < 1.29 is 14.2 Å². The van der Waals surface area contributed by atoms with Gasteiger partial charge in [-0.3, -0.25) is 4.79 Å². The van der Waals surface area contributed by atoms with Crippen molar-refractivity contribution in [2.75, 3.05) is 5.73 Å². The Labute approximate surface area is 232 Å². The molecule has 0 aliphatic rings. The highest BCUT2D eigenvalue weighted by atomic mass is 35.5. The Morgan fingerprint density at radius 2 is 1.85 bits per heavy atom. The molecule has 0 radical (unpaired) electrons. The van der Waals surface area contributed by atoms with Crippen molar-refractivity contribution in [1.29, 1.82) is 0 Å². The van der Waals surface area contributed by atoms with E-state index in [-0.39, 0.29) is 23.9 Å². The summed E-state index contributed by atoms with van der Waals surface area (Å²) < 4.78 is 11.7. The van der Waals surface area contributed by atoms with E-state index in [1.807, 2.05) is 36.4 Å². The molecular formula is C26H20Cl2N8O3. The predicted octanol–water partition coefficient (Wildman–Crippen LogP) is 4.94. The molecule has 2 heterocycles. The first-order chi connectivity index (χ1) is 18.9. The second-order valence-corrected chi connectivity index (χ2v) is 9.07. The molecule has 5 aromatic rings. The van der Waals surface area contributed by atoms with Crippen molar-refractivity contribution in [2.24, 2.45) is 5.10 Å². The molecule has 0 aliphatic heterocycles. The quantitative estimate of drug-likeness (QED) is 0.199. The number of ether oxygens (including phenoxy) is 1. The zero-order valence-corrected chi connectivity index (χ0v) is 21.9.